The Morgan fingerprint density at radius 3 is 2.54 bits per heavy atom. The van der Waals surface area contributed by atoms with Gasteiger partial charge in [0.2, 0.25) is 5.43 Å². The Hall–Kier alpha value is -3.26. The van der Waals surface area contributed by atoms with E-state index in [1.54, 1.807) is 6.20 Å². The van der Waals surface area contributed by atoms with Crippen LogP contribution >= 0.6 is 11.6 Å². The first kappa shape index (κ1) is 23.5. The lowest BCUT2D eigenvalue weighted by Gasteiger charge is -2.32. The van der Waals surface area contributed by atoms with E-state index in [1.165, 1.54) is 0 Å². The van der Waals surface area contributed by atoms with E-state index in [2.05, 4.69) is 32.1 Å². The zero-order valence-corrected chi connectivity index (χ0v) is 20.8. The third-order valence-electron chi connectivity index (χ3n) is 6.48. The van der Waals surface area contributed by atoms with Crippen LogP contribution in [0.15, 0.2) is 59.5 Å². The normalized spacial score (nSPS) is 14.9. The summed E-state index contributed by atoms with van der Waals surface area (Å²) in [4.78, 5) is 30.6. The fourth-order valence-electron chi connectivity index (χ4n) is 4.52. The maximum absolute atomic E-state index is 13.4. The van der Waals surface area contributed by atoms with Crippen LogP contribution in [0.2, 0.25) is 5.15 Å². The molecule has 3 aromatic heterocycles. The summed E-state index contributed by atoms with van der Waals surface area (Å²) >= 11 is 6.29. The fourth-order valence-corrected chi connectivity index (χ4v) is 4.77. The molecule has 2 N–H and O–H groups in total. The van der Waals surface area contributed by atoms with Gasteiger partial charge < -0.3 is 15.2 Å². The monoisotopic (exact) mass is 488 g/mol. The van der Waals surface area contributed by atoms with Gasteiger partial charge in [-0.1, -0.05) is 41.9 Å². The molecule has 0 amide bonds. The van der Waals surface area contributed by atoms with E-state index in [0.717, 1.165) is 60.8 Å². The number of nitrogens with zero attached hydrogens (tertiary/aromatic N) is 4. The average Bonchev–Trinajstić information content (AvgIpc) is 2.86. The van der Waals surface area contributed by atoms with Crippen LogP contribution in [0.1, 0.15) is 5.69 Å². The van der Waals surface area contributed by atoms with Gasteiger partial charge in [0.1, 0.15) is 10.8 Å². The van der Waals surface area contributed by atoms with Gasteiger partial charge in [0.25, 0.3) is 0 Å². The minimum absolute atomic E-state index is 0.0673. The molecule has 4 heterocycles. The third kappa shape index (κ3) is 5.22. The Kier molecular flexibility index (Phi) is 6.81. The van der Waals surface area contributed by atoms with E-state index in [4.69, 9.17) is 16.6 Å². The molecule has 180 valence electrons. The molecule has 1 aromatic carbocycles. The first-order valence-electron chi connectivity index (χ1n) is 11.9. The molecule has 1 fully saturated rings. The molecule has 1 saturated heterocycles. The van der Waals surface area contributed by atoms with Crippen molar-refractivity contribution in [3.63, 3.8) is 0 Å². The Labute approximate surface area is 209 Å². The molecule has 0 radical (unpaired) electrons. The van der Waals surface area contributed by atoms with Crippen molar-refractivity contribution in [2.24, 2.45) is 0 Å². The molecule has 0 atom stereocenters. The number of aromatic nitrogens is 3. The molecule has 5 rings (SSSR count). The van der Waals surface area contributed by atoms with E-state index in [9.17, 15) is 4.79 Å². The average molecular weight is 489 g/mol. The summed E-state index contributed by atoms with van der Waals surface area (Å²) in [6, 6.07) is 15.7. The van der Waals surface area contributed by atoms with Gasteiger partial charge in [-0.05, 0) is 37.7 Å². The summed E-state index contributed by atoms with van der Waals surface area (Å²) in [5, 5.41) is 4.28. The number of aromatic amines is 1. The van der Waals surface area contributed by atoms with Gasteiger partial charge in [0.05, 0.1) is 16.8 Å². The number of aryl methyl sites for hydroxylation is 1. The van der Waals surface area contributed by atoms with Crippen molar-refractivity contribution in [1.29, 1.82) is 0 Å². The predicted octanol–water partition coefficient (Wildman–Crippen LogP) is 4.27. The SMILES string of the molecule is Cc1cc(-c2cc3c(=O)c(NCCN4CCN(C)CC4)c[nH]c3nc2-c2ccccc2)cc(Cl)n1. The second kappa shape index (κ2) is 10.2. The van der Waals surface area contributed by atoms with Crippen LogP contribution < -0.4 is 10.7 Å². The van der Waals surface area contributed by atoms with Crippen molar-refractivity contribution in [2.45, 2.75) is 6.92 Å². The highest BCUT2D eigenvalue weighted by Gasteiger charge is 2.17. The minimum atomic E-state index is -0.0673. The molecular formula is C27H29ClN6O. The van der Waals surface area contributed by atoms with Crippen molar-refractivity contribution >= 4 is 28.3 Å². The topological polar surface area (TPSA) is 77.2 Å². The van der Waals surface area contributed by atoms with Gasteiger partial charge in [-0.2, -0.15) is 0 Å². The van der Waals surface area contributed by atoms with Crippen LogP contribution in [0, 0.1) is 6.92 Å². The van der Waals surface area contributed by atoms with Crippen LogP contribution in [-0.2, 0) is 0 Å². The Bertz CT molecular complexity index is 1380. The number of H-pyrrole nitrogens is 1. The number of hydrogen-bond donors (Lipinski definition) is 2. The Morgan fingerprint density at radius 1 is 1.03 bits per heavy atom. The van der Waals surface area contributed by atoms with Crippen molar-refractivity contribution < 1.29 is 0 Å². The van der Waals surface area contributed by atoms with Crippen molar-refractivity contribution in [3.05, 3.63) is 75.8 Å². The van der Waals surface area contributed by atoms with Gasteiger partial charge in [-0.15, -0.1) is 0 Å². The highest BCUT2D eigenvalue weighted by molar-refractivity contribution is 6.29. The minimum Gasteiger partial charge on any atom is -0.379 e. The maximum atomic E-state index is 13.4. The number of likely N-dealkylation sites (N-methyl/N-ethyl adjacent to an activating group) is 1. The van der Waals surface area contributed by atoms with Gasteiger partial charge in [-0.3, -0.25) is 9.69 Å². The number of hydrogen-bond acceptors (Lipinski definition) is 6. The molecular weight excluding hydrogens is 460 g/mol. The number of rotatable bonds is 6. The summed E-state index contributed by atoms with van der Waals surface area (Å²) in [5.74, 6) is 0. The maximum Gasteiger partial charge on any atom is 0.214 e. The van der Waals surface area contributed by atoms with E-state index in [0.29, 0.717) is 28.4 Å². The lowest BCUT2D eigenvalue weighted by Crippen LogP contribution is -2.45. The molecule has 35 heavy (non-hydrogen) atoms. The summed E-state index contributed by atoms with van der Waals surface area (Å²) < 4.78 is 0. The molecule has 0 bridgehead atoms. The summed E-state index contributed by atoms with van der Waals surface area (Å²) in [6.45, 7) is 7.77. The van der Waals surface area contributed by atoms with Crippen LogP contribution in [-0.4, -0.2) is 71.1 Å². The van der Waals surface area contributed by atoms with E-state index in [-0.39, 0.29) is 5.43 Å². The number of piperazine rings is 1. The highest BCUT2D eigenvalue weighted by atomic mass is 35.5. The predicted molar refractivity (Wildman–Crippen MR) is 143 cm³/mol. The number of fused-ring (bicyclic) bond motifs is 1. The van der Waals surface area contributed by atoms with Crippen molar-refractivity contribution in [3.8, 4) is 22.4 Å². The summed E-state index contributed by atoms with van der Waals surface area (Å²) in [6.07, 6.45) is 1.73. The standard InChI is InChI=1S/C27H29ClN6O/c1-18-14-20(15-24(28)31-18)21-16-22-26(35)23(29-8-9-34-12-10-33(2)11-13-34)17-30-27(22)32-25(21)19-6-4-3-5-7-19/h3-7,14-17,29H,8-13H2,1-2H3,(H,30,32,35). The van der Waals surface area contributed by atoms with Gasteiger partial charge in [0, 0.05) is 62.3 Å². The zero-order chi connectivity index (χ0) is 24.4. The Balaban J connectivity index is 1.51. The largest absolute Gasteiger partial charge is 0.379 e. The van der Waals surface area contributed by atoms with Crippen LogP contribution in [0.4, 0.5) is 5.69 Å². The van der Waals surface area contributed by atoms with E-state index >= 15 is 0 Å². The molecule has 0 unspecified atom stereocenters. The number of anilines is 1. The smallest absolute Gasteiger partial charge is 0.214 e. The molecule has 0 saturated carbocycles. The first-order valence-corrected chi connectivity index (χ1v) is 12.3. The second-order valence-electron chi connectivity index (χ2n) is 9.07. The number of pyridine rings is 3. The molecule has 7 nitrogen and oxygen atoms in total. The van der Waals surface area contributed by atoms with Crippen LogP contribution in [0.3, 0.4) is 0 Å². The van der Waals surface area contributed by atoms with Crippen molar-refractivity contribution in [2.75, 3.05) is 51.6 Å². The number of nitrogens with one attached hydrogen (secondary N) is 2. The van der Waals surface area contributed by atoms with Crippen molar-refractivity contribution in [1.82, 2.24) is 24.8 Å². The summed E-state index contributed by atoms with van der Waals surface area (Å²) in [5.41, 5.74) is 5.31. The van der Waals surface area contributed by atoms with E-state index < -0.39 is 0 Å². The van der Waals surface area contributed by atoms with Gasteiger partial charge in [-0.25, -0.2) is 9.97 Å². The third-order valence-corrected chi connectivity index (χ3v) is 6.68. The first-order chi connectivity index (χ1) is 17.0. The van der Waals surface area contributed by atoms with Crippen LogP contribution in [0.25, 0.3) is 33.4 Å². The van der Waals surface area contributed by atoms with Gasteiger partial charge >= 0.3 is 0 Å². The fraction of sp³-hybridized carbons (Fsp3) is 0.296. The van der Waals surface area contributed by atoms with Gasteiger partial charge in [0.15, 0.2) is 0 Å². The Morgan fingerprint density at radius 2 is 1.80 bits per heavy atom. The molecule has 0 aliphatic carbocycles. The lowest BCUT2D eigenvalue weighted by atomic mass is 9.98. The second-order valence-corrected chi connectivity index (χ2v) is 9.46. The molecule has 0 spiro atoms. The lowest BCUT2D eigenvalue weighted by molar-refractivity contribution is 0.158. The van der Waals surface area contributed by atoms with Crippen LogP contribution in [0.5, 0.6) is 0 Å². The molecule has 8 heteroatoms. The number of benzene rings is 1. The summed E-state index contributed by atoms with van der Waals surface area (Å²) in [7, 11) is 2.15. The molecule has 4 aromatic rings. The molecule has 1 aliphatic heterocycles. The van der Waals surface area contributed by atoms with E-state index in [1.807, 2.05) is 55.5 Å². The highest BCUT2D eigenvalue weighted by Crippen LogP contribution is 2.33. The number of halogens is 1. The quantitative estimate of drug-likeness (QED) is 0.395. The molecule has 1 aliphatic rings. The zero-order valence-electron chi connectivity index (χ0n) is 20.0.